The fraction of sp³-hybridized carbons (Fsp3) is 0.344. The summed E-state index contributed by atoms with van der Waals surface area (Å²) in [5.74, 6) is 0.249. The van der Waals surface area contributed by atoms with Crippen LogP contribution in [0.15, 0.2) is 90.2 Å². The third-order valence-corrected chi connectivity index (χ3v) is 10.1. The van der Waals surface area contributed by atoms with Crippen LogP contribution in [0.1, 0.15) is 34.9 Å². The first-order chi connectivity index (χ1) is 21.0. The second-order valence-electron chi connectivity index (χ2n) is 11.0. The number of pyridine rings is 1. The Balaban J connectivity index is 1.31. The minimum Gasteiger partial charge on any atom is -0.481 e. The highest BCUT2D eigenvalue weighted by molar-refractivity contribution is 7.89. The topological polar surface area (TPSA) is 110 Å². The largest absolute Gasteiger partial charge is 0.481 e. The van der Waals surface area contributed by atoms with E-state index in [2.05, 4.69) is 22.4 Å². The molecule has 1 N–H and O–H groups in total. The van der Waals surface area contributed by atoms with Crippen molar-refractivity contribution in [3.05, 3.63) is 96.6 Å². The van der Waals surface area contributed by atoms with Gasteiger partial charge in [0.2, 0.25) is 15.9 Å². The maximum atomic E-state index is 14.3. The van der Waals surface area contributed by atoms with E-state index in [1.54, 1.807) is 12.4 Å². The Morgan fingerprint density at radius 1 is 1.00 bits per heavy atom. The molecule has 0 aliphatic carbocycles. The van der Waals surface area contributed by atoms with Crippen LogP contribution in [0, 0.1) is 0 Å². The molecular formula is C32H36N6O4S. The first-order valence-electron chi connectivity index (χ1n) is 14.6. The summed E-state index contributed by atoms with van der Waals surface area (Å²) < 4.78 is 35.8. The van der Waals surface area contributed by atoms with Gasteiger partial charge in [-0.25, -0.2) is 18.4 Å². The molecule has 2 aromatic carbocycles. The van der Waals surface area contributed by atoms with Crippen LogP contribution >= 0.6 is 0 Å². The van der Waals surface area contributed by atoms with Crippen LogP contribution < -0.4 is 10.1 Å². The Morgan fingerprint density at radius 2 is 1.77 bits per heavy atom. The molecule has 4 heterocycles. The Hall–Kier alpha value is -4.06. The maximum absolute atomic E-state index is 14.3. The van der Waals surface area contributed by atoms with Gasteiger partial charge in [-0.05, 0) is 30.9 Å². The summed E-state index contributed by atoms with van der Waals surface area (Å²) in [6, 6.07) is 22.9. The van der Waals surface area contributed by atoms with Gasteiger partial charge in [0.25, 0.3) is 5.91 Å². The number of carbonyl (C=O) groups excluding carboxylic acids is 1. The van der Waals surface area contributed by atoms with Crippen LogP contribution in [0.3, 0.4) is 0 Å². The highest BCUT2D eigenvalue weighted by Gasteiger charge is 2.35. The van der Waals surface area contributed by atoms with E-state index in [1.165, 1.54) is 29.2 Å². The molecule has 4 aromatic rings. The summed E-state index contributed by atoms with van der Waals surface area (Å²) in [5, 5.41) is 3.44. The second kappa shape index (κ2) is 12.7. The molecule has 2 saturated heterocycles. The van der Waals surface area contributed by atoms with Gasteiger partial charge >= 0.3 is 0 Å². The quantitative estimate of drug-likeness (QED) is 0.329. The molecule has 0 bridgehead atoms. The van der Waals surface area contributed by atoms with Crippen LogP contribution in [-0.4, -0.2) is 83.9 Å². The monoisotopic (exact) mass is 600 g/mol. The molecule has 10 nitrogen and oxygen atoms in total. The van der Waals surface area contributed by atoms with Crippen LogP contribution in [-0.2, 0) is 16.4 Å². The third kappa shape index (κ3) is 6.06. The molecule has 2 aromatic heterocycles. The van der Waals surface area contributed by atoms with Gasteiger partial charge in [0.05, 0.1) is 25.3 Å². The number of hydrogen-bond donors (Lipinski definition) is 1. The number of nitrogens with zero attached hydrogens (tertiary/aromatic N) is 5. The third-order valence-electron chi connectivity index (χ3n) is 8.28. The lowest BCUT2D eigenvalue weighted by molar-refractivity contribution is 0.0631. The summed E-state index contributed by atoms with van der Waals surface area (Å²) in [6.07, 6.45) is 5.23. The predicted molar refractivity (Wildman–Crippen MR) is 163 cm³/mol. The number of piperazine rings is 1. The Bertz CT molecular complexity index is 1640. The Labute approximate surface area is 252 Å². The summed E-state index contributed by atoms with van der Waals surface area (Å²) in [7, 11) is -2.28. The number of ether oxygens (including phenoxy) is 1. The van der Waals surface area contributed by atoms with Crippen LogP contribution in [0.2, 0.25) is 0 Å². The fourth-order valence-electron chi connectivity index (χ4n) is 6.06. The zero-order chi connectivity index (χ0) is 29.8. The molecule has 224 valence electrons. The Morgan fingerprint density at radius 3 is 2.49 bits per heavy atom. The molecule has 11 heteroatoms. The molecule has 0 spiro atoms. The summed E-state index contributed by atoms with van der Waals surface area (Å²) >= 11 is 0. The van der Waals surface area contributed by atoms with Crippen molar-refractivity contribution < 1.29 is 17.9 Å². The minimum atomic E-state index is -3.77. The number of hydrogen-bond acceptors (Lipinski definition) is 7. The SMILES string of the molecule is COc1ccc(S(=O)(=O)N2CCCC(n3cnc(C(=O)N4CCNCC4Cc4ccccc4)c3-c3ccccc3)C2)cn1. The van der Waals surface area contributed by atoms with Gasteiger partial charge in [0.15, 0.2) is 5.69 Å². The van der Waals surface area contributed by atoms with Gasteiger partial charge in [-0.1, -0.05) is 60.7 Å². The summed E-state index contributed by atoms with van der Waals surface area (Å²) in [5.41, 5.74) is 3.17. The number of imidazole rings is 1. The van der Waals surface area contributed by atoms with Crippen LogP contribution in [0.25, 0.3) is 11.3 Å². The number of amides is 1. The van der Waals surface area contributed by atoms with E-state index in [0.717, 1.165) is 24.1 Å². The number of piperidine rings is 1. The number of benzene rings is 2. The first-order valence-corrected chi connectivity index (χ1v) is 16.1. The van der Waals surface area contributed by atoms with E-state index in [9.17, 15) is 13.2 Å². The summed E-state index contributed by atoms with van der Waals surface area (Å²) in [6.45, 7) is 2.69. The van der Waals surface area contributed by atoms with E-state index in [4.69, 9.17) is 9.72 Å². The minimum absolute atomic E-state index is 0.00848. The smallest absolute Gasteiger partial charge is 0.275 e. The van der Waals surface area contributed by atoms with Crippen LogP contribution in [0.4, 0.5) is 0 Å². The number of nitrogens with one attached hydrogen (secondary N) is 1. The lowest BCUT2D eigenvalue weighted by Crippen LogP contribution is -2.54. The fourth-order valence-corrected chi connectivity index (χ4v) is 7.53. The number of carbonyl (C=O) groups is 1. The van der Waals surface area contributed by atoms with Gasteiger partial charge in [-0.3, -0.25) is 4.79 Å². The van der Waals surface area contributed by atoms with E-state index in [-0.39, 0.29) is 29.4 Å². The number of sulfonamides is 1. The van der Waals surface area contributed by atoms with Gasteiger partial charge in [0, 0.05) is 56.4 Å². The van der Waals surface area contributed by atoms with Crippen molar-refractivity contribution in [2.24, 2.45) is 0 Å². The van der Waals surface area contributed by atoms with Crippen molar-refractivity contribution in [1.29, 1.82) is 0 Å². The van der Waals surface area contributed by atoms with Crippen molar-refractivity contribution >= 4 is 15.9 Å². The molecule has 2 unspecified atom stereocenters. The number of aromatic nitrogens is 3. The van der Waals surface area contributed by atoms with Crippen molar-refractivity contribution in [3.8, 4) is 17.1 Å². The van der Waals surface area contributed by atoms with Crippen molar-refractivity contribution in [2.75, 3.05) is 39.8 Å². The molecule has 0 radical (unpaired) electrons. The average Bonchev–Trinajstić information content (AvgIpc) is 3.51. The molecule has 2 atom stereocenters. The van der Waals surface area contributed by atoms with Crippen LogP contribution in [0.5, 0.6) is 5.88 Å². The molecule has 2 fully saturated rings. The van der Waals surface area contributed by atoms with Crippen molar-refractivity contribution in [2.45, 2.75) is 36.2 Å². The predicted octanol–water partition coefficient (Wildman–Crippen LogP) is 3.64. The zero-order valence-electron chi connectivity index (χ0n) is 24.2. The highest BCUT2D eigenvalue weighted by atomic mass is 32.2. The molecule has 43 heavy (non-hydrogen) atoms. The maximum Gasteiger partial charge on any atom is 0.275 e. The van der Waals surface area contributed by atoms with Crippen molar-refractivity contribution in [3.63, 3.8) is 0 Å². The van der Waals surface area contributed by atoms with E-state index < -0.39 is 10.0 Å². The van der Waals surface area contributed by atoms with E-state index in [0.29, 0.717) is 44.2 Å². The van der Waals surface area contributed by atoms with Crippen molar-refractivity contribution in [1.82, 2.24) is 29.1 Å². The van der Waals surface area contributed by atoms with Gasteiger partial charge in [-0.15, -0.1) is 0 Å². The zero-order valence-corrected chi connectivity index (χ0v) is 25.0. The highest BCUT2D eigenvalue weighted by Crippen LogP contribution is 2.33. The first kappa shape index (κ1) is 29.0. The van der Waals surface area contributed by atoms with E-state index >= 15 is 0 Å². The molecule has 2 aliphatic heterocycles. The molecule has 0 saturated carbocycles. The lowest BCUT2D eigenvalue weighted by Gasteiger charge is -2.36. The average molecular weight is 601 g/mol. The number of methoxy groups -OCH3 is 1. The Kier molecular flexibility index (Phi) is 8.55. The van der Waals surface area contributed by atoms with Gasteiger partial charge < -0.3 is 19.5 Å². The van der Waals surface area contributed by atoms with E-state index in [1.807, 2.05) is 58.0 Å². The standard InChI is InChI=1S/C32H36N6O4S/c1-42-29-15-14-28(21-34-29)43(40,41)36-17-8-13-26(22-36)38-23-35-30(31(38)25-11-6-3-7-12-25)32(39)37-18-16-33-20-27(37)19-24-9-4-2-5-10-24/h2-7,9-12,14-15,21,23,26-27,33H,8,13,16-20,22H2,1H3. The van der Waals surface area contributed by atoms with Gasteiger partial charge in [0.1, 0.15) is 4.90 Å². The molecular weight excluding hydrogens is 564 g/mol. The second-order valence-corrected chi connectivity index (χ2v) is 12.9. The van der Waals surface area contributed by atoms with Gasteiger partial charge in [-0.2, -0.15) is 4.31 Å². The molecule has 6 rings (SSSR count). The molecule has 1 amide bonds. The number of rotatable bonds is 8. The lowest BCUT2D eigenvalue weighted by atomic mass is 10.0. The normalized spacial score (nSPS) is 19.7. The molecule has 2 aliphatic rings. The summed E-state index contributed by atoms with van der Waals surface area (Å²) in [4.78, 5) is 25.1.